The van der Waals surface area contributed by atoms with E-state index in [1.165, 1.54) is 12.1 Å². The number of hydrogen-bond donors (Lipinski definition) is 0. The van der Waals surface area contributed by atoms with Gasteiger partial charge in [-0.15, -0.1) is 0 Å². The van der Waals surface area contributed by atoms with Crippen LogP contribution in [-0.2, 0) is 9.47 Å². The van der Waals surface area contributed by atoms with E-state index in [1.807, 2.05) is 0 Å². The molecule has 0 bridgehead atoms. The van der Waals surface area contributed by atoms with Crippen LogP contribution in [0.25, 0.3) is 0 Å². The van der Waals surface area contributed by atoms with Gasteiger partial charge >= 0.3 is 5.88 Å². The number of hydrogen-bond acceptors (Lipinski definition) is 6. The standard InChI is InChI=1S/C14H20N2O6/c1-20-8-9-21-10-11-4-6-15(7-5-11)14(17)12-2-3-13(22-12)16(18)19/h2-3,11H,4-10H2,1H3. The third kappa shape index (κ3) is 4.28. The molecule has 2 rings (SSSR count). The van der Waals surface area contributed by atoms with Crippen LogP contribution in [0.1, 0.15) is 23.4 Å². The summed E-state index contributed by atoms with van der Waals surface area (Å²) in [5.74, 6) is -0.273. The van der Waals surface area contributed by atoms with Gasteiger partial charge in [-0.05, 0) is 24.8 Å². The lowest BCUT2D eigenvalue weighted by Gasteiger charge is -2.31. The first-order valence-electron chi connectivity index (χ1n) is 7.22. The fraction of sp³-hybridized carbons (Fsp3) is 0.643. The normalized spacial score (nSPS) is 16.0. The third-order valence-corrected chi connectivity index (χ3v) is 3.67. The monoisotopic (exact) mass is 312 g/mol. The molecule has 0 saturated carbocycles. The molecule has 1 saturated heterocycles. The molecule has 0 radical (unpaired) electrons. The van der Waals surface area contributed by atoms with Gasteiger partial charge in [-0.1, -0.05) is 0 Å². The van der Waals surface area contributed by atoms with Gasteiger partial charge in [0.25, 0.3) is 5.91 Å². The maximum Gasteiger partial charge on any atom is 0.433 e. The number of nitro groups is 1. The van der Waals surface area contributed by atoms with Gasteiger partial charge in [0.2, 0.25) is 0 Å². The first-order chi connectivity index (χ1) is 10.6. The van der Waals surface area contributed by atoms with Crippen molar-refractivity contribution in [1.82, 2.24) is 4.90 Å². The molecule has 1 aromatic heterocycles. The maximum atomic E-state index is 12.2. The zero-order valence-corrected chi connectivity index (χ0v) is 12.5. The van der Waals surface area contributed by atoms with E-state index in [-0.39, 0.29) is 11.7 Å². The molecule has 0 atom stereocenters. The topological polar surface area (TPSA) is 95.0 Å². The zero-order valence-electron chi connectivity index (χ0n) is 12.5. The molecule has 1 fully saturated rings. The van der Waals surface area contributed by atoms with Gasteiger partial charge in [0.05, 0.1) is 19.3 Å². The Morgan fingerprint density at radius 2 is 2.14 bits per heavy atom. The number of likely N-dealkylation sites (tertiary alicyclic amines) is 1. The van der Waals surface area contributed by atoms with E-state index in [2.05, 4.69) is 0 Å². The number of carbonyl (C=O) groups excluding carboxylic acids is 1. The van der Waals surface area contributed by atoms with Crippen molar-refractivity contribution < 1.29 is 23.6 Å². The fourth-order valence-electron chi connectivity index (χ4n) is 2.39. The second-order valence-electron chi connectivity index (χ2n) is 5.20. The second kappa shape index (κ2) is 7.90. The van der Waals surface area contributed by atoms with Crippen molar-refractivity contribution in [2.24, 2.45) is 5.92 Å². The predicted octanol–water partition coefficient (Wildman–Crippen LogP) is 1.70. The number of furan rings is 1. The van der Waals surface area contributed by atoms with Crippen LogP contribution < -0.4 is 0 Å². The molecule has 22 heavy (non-hydrogen) atoms. The molecule has 1 aliphatic rings. The van der Waals surface area contributed by atoms with Crippen molar-refractivity contribution >= 4 is 11.8 Å². The van der Waals surface area contributed by atoms with Crippen LogP contribution in [0, 0.1) is 16.0 Å². The smallest absolute Gasteiger partial charge is 0.395 e. The number of rotatable bonds is 7. The average Bonchev–Trinajstić information content (AvgIpc) is 3.02. The summed E-state index contributed by atoms with van der Waals surface area (Å²) in [6, 6.07) is 2.55. The first kappa shape index (κ1) is 16.4. The molecule has 1 amide bonds. The molecule has 8 heteroatoms. The van der Waals surface area contributed by atoms with Crippen LogP contribution in [0.2, 0.25) is 0 Å². The maximum absolute atomic E-state index is 12.2. The number of piperidine rings is 1. The highest BCUT2D eigenvalue weighted by molar-refractivity contribution is 5.91. The minimum Gasteiger partial charge on any atom is -0.395 e. The Hall–Kier alpha value is -1.93. The quantitative estimate of drug-likeness (QED) is 0.432. The molecule has 0 N–H and O–H groups in total. The molecule has 0 aromatic carbocycles. The van der Waals surface area contributed by atoms with Crippen molar-refractivity contribution in [3.63, 3.8) is 0 Å². The Bertz CT molecular complexity index is 507. The number of nitrogens with zero attached hydrogens (tertiary/aromatic N) is 2. The van der Waals surface area contributed by atoms with Gasteiger partial charge < -0.3 is 18.8 Å². The summed E-state index contributed by atoms with van der Waals surface area (Å²) in [6.45, 7) is 3.02. The average molecular weight is 312 g/mol. The molecular weight excluding hydrogens is 292 g/mol. The van der Waals surface area contributed by atoms with Gasteiger partial charge in [-0.3, -0.25) is 14.9 Å². The Labute approximate surface area is 128 Å². The van der Waals surface area contributed by atoms with Gasteiger partial charge in [0.1, 0.15) is 4.92 Å². The SMILES string of the molecule is COCCOCC1CCN(C(=O)c2ccc([N+](=O)[O-])o2)CC1. The van der Waals surface area contributed by atoms with Crippen LogP contribution in [0.5, 0.6) is 0 Å². The highest BCUT2D eigenvalue weighted by atomic mass is 16.6. The van der Waals surface area contributed by atoms with Gasteiger partial charge in [0, 0.05) is 26.8 Å². The molecule has 0 spiro atoms. The molecule has 2 heterocycles. The summed E-state index contributed by atoms with van der Waals surface area (Å²) in [6.07, 6.45) is 1.70. The van der Waals surface area contributed by atoms with Crippen molar-refractivity contribution in [2.45, 2.75) is 12.8 Å². The van der Waals surface area contributed by atoms with Crippen LogP contribution in [0.4, 0.5) is 5.88 Å². The van der Waals surface area contributed by atoms with E-state index in [1.54, 1.807) is 12.0 Å². The van der Waals surface area contributed by atoms with Crippen molar-refractivity contribution in [3.05, 3.63) is 28.0 Å². The molecule has 1 aromatic rings. The lowest BCUT2D eigenvalue weighted by Crippen LogP contribution is -2.39. The molecule has 0 aliphatic carbocycles. The fourth-order valence-corrected chi connectivity index (χ4v) is 2.39. The van der Waals surface area contributed by atoms with E-state index in [0.717, 1.165) is 12.8 Å². The molecule has 8 nitrogen and oxygen atoms in total. The number of carbonyl (C=O) groups is 1. The molecule has 1 aliphatic heterocycles. The predicted molar refractivity (Wildman–Crippen MR) is 76.7 cm³/mol. The lowest BCUT2D eigenvalue weighted by molar-refractivity contribution is -0.402. The van der Waals surface area contributed by atoms with Gasteiger partial charge in [-0.25, -0.2) is 0 Å². The zero-order chi connectivity index (χ0) is 15.9. The Morgan fingerprint density at radius 3 is 2.73 bits per heavy atom. The second-order valence-corrected chi connectivity index (χ2v) is 5.20. The Balaban J connectivity index is 1.78. The highest BCUT2D eigenvalue weighted by Gasteiger charge is 2.26. The third-order valence-electron chi connectivity index (χ3n) is 3.67. The Kier molecular flexibility index (Phi) is 5.91. The van der Waals surface area contributed by atoms with Gasteiger partial charge in [0.15, 0.2) is 5.76 Å². The van der Waals surface area contributed by atoms with E-state index in [0.29, 0.717) is 38.8 Å². The van der Waals surface area contributed by atoms with E-state index in [9.17, 15) is 14.9 Å². The number of amides is 1. The first-order valence-corrected chi connectivity index (χ1v) is 7.22. The Morgan fingerprint density at radius 1 is 1.41 bits per heavy atom. The molecule has 122 valence electrons. The molecular formula is C14H20N2O6. The number of methoxy groups -OCH3 is 1. The minimum absolute atomic E-state index is 0.0153. The molecule has 0 unspecified atom stereocenters. The van der Waals surface area contributed by atoms with Crippen LogP contribution >= 0.6 is 0 Å². The minimum atomic E-state index is -0.652. The number of ether oxygens (including phenoxy) is 2. The summed E-state index contributed by atoms with van der Waals surface area (Å²) in [5, 5.41) is 10.6. The summed E-state index contributed by atoms with van der Waals surface area (Å²) in [7, 11) is 1.63. The van der Waals surface area contributed by atoms with E-state index in [4.69, 9.17) is 13.9 Å². The summed E-state index contributed by atoms with van der Waals surface area (Å²) >= 11 is 0. The van der Waals surface area contributed by atoms with Crippen LogP contribution in [-0.4, -0.2) is 55.8 Å². The van der Waals surface area contributed by atoms with Gasteiger partial charge in [-0.2, -0.15) is 0 Å². The van der Waals surface area contributed by atoms with Crippen LogP contribution in [0.3, 0.4) is 0 Å². The van der Waals surface area contributed by atoms with Crippen LogP contribution in [0.15, 0.2) is 16.5 Å². The lowest BCUT2D eigenvalue weighted by atomic mass is 9.97. The largest absolute Gasteiger partial charge is 0.433 e. The van der Waals surface area contributed by atoms with E-state index >= 15 is 0 Å². The highest BCUT2D eigenvalue weighted by Crippen LogP contribution is 2.22. The summed E-state index contributed by atoms with van der Waals surface area (Å²) in [5.41, 5.74) is 0. The van der Waals surface area contributed by atoms with Crippen molar-refractivity contribution in [1.29, 1.82) is 0 Å². The summed E-state index contributed by atoms with van der Waals surface area (Å²) < 4.78 is 15.4. The van der Waals surface area contributed by atoms with E-state index < -0.39 is 10.8 Å². The summed E-state index contributed by atoms with van der Waals surface area (Å²) in [4.78, 5) is 23.8. The van der Waals surface area contributed by atoms with Crippen molar-refractivity contribution in [2.75, 3.05) is 40.0 Å². The van der Waals surface area contributed by atoms with Crippen molar-refractivity contribution in [3.8, 4) is 0 Å².